The Hall–Kier alpha value is -4.20. The van der Waals surface area contributed by atoms with Crippen molar-refractivity contribution < 1.29 is 48.0 Å². The molecule has 6 N–H and O–H groups in total. The number of phenols is 1. The zero-order chi connectivity index (χ0) is 34.2. The monoisotopic (exact) mass is 655 g/mol. The number of nitrogens with zero attached hydrogens (tertiary/aromatic N) is 2. The third-order valence-electron chi connectivity index (χ3n) is 10.3. The molecule has 1 heterocycles. The number of hydrogen-bond acceptors (Lipinski definition) is 9. The van der Waals surface area contributed by atoms with Crippen LogP contribution in [0.3, 0.4) is 0 Å². The highest BCUT2D eigenvalue weighted by Crippen LogP contribution is 2.53. The van der Waals surface area contributed by atoms with Crippen LogP contribution in [0.5, 0.6) is 5.75 Å². The standard InChI is InChI=1S/C34H36F3N3O7/c1-39(2)27-22-14-18-13-21-20(17-5-3-4-16(12-17)15-40-10-8-19(9-11-40)34(35,36)37)6-7-23(41)25(21)28(42)24(18)30(44)33(22,47)31(45)26(29(27)43)32(38)46/h3-7,12,18-19,22,27,41-42,45,47H,8-11,13-15H2,1-2H3,(H2,38,46)/t18-,22-,27?,33-/m0/s1. The van der Waals surface area contributed by atoms with E-state index in [1.165, 1.54) is 25.1 Å². The Morgan fingerprint density at radius 1 is 1.09 bits per heavy atom. The minimum atomic E-state index is -4.20. The molecule has 4 atom stereocenters. The Balaban J connectivity index is 1.38. The van der Waals surface area contributed by atoms with Gasteiger partial charge < -0.3 is 26.2 Å². The highest BCUT2D eigenvalue weighted by molar-refractivity contribution is 6.24. The van der Waals surface area contributed by atoms with E-state index in [2.05, 4.69) is 0 Å². The highest BCUT2D eigenvalue weighted by atomic mass is 19.4. The van der Waals surface area contributed by atoms with Gasteiger partial charge in [0.15, 0.2) is 11.4 Å². The van der Waals surface area contributed by atoms with Gasteiger partial charge in [0.2, 0.25) is 5.78 Å². The summed E-state index contributed by atoms with van der Waals surface area (Å²) in [6.07, 6.45) is -4.02. The van der Waals surface area contributed by atoms with Crippen LogP contribution in [0.4, 0.5) is 13.2 Å². The van der Waals surface area contributed by atoms with E-state index in [0.717, 1.165) is 11.1 Å². The molecule has 10 nitrogen and oxygen atoms in total. The van der Waals surface area contributed by atoms with Crippen LogP contribution in [0.1, 0.15) is 36.0 Å². The molecule has 2 fully saturated rings. The summed E-state index contributed by atoms with van der Waals surface area (Å²) in [4.78, 5) is 43.0. The van der Waals surface area contributed by atoms with Crippen LogP contribution in [-0.2, 0) is 27.3 Å². The molecule has 0 spiro atoms. The summed E-state index contributed by atoms with van der Waals surface area (Å²) in [6, 6.07) is 9.30. The number of alkyl halides is 3. The molecule has 0 aromatic heterocycles. The average Bonchev–Trinajstić information content (AvgIpc) is 2.99. The lowest BCUT2D eigenvalue weighted by Gasteiger charge is -2.50. The third-order valence-corrected chi connectivity index (χ3v) is 10.3. The Bertz CT molecular complexity index is 1740. The molecule has 2 aromatic carbocycles. The number of rotatable bonds is 5. The minimum Gasteiger partial charge on any atom is -0.508 e. The Morgan fingerprint density at radius 3 is 2.38 bits per heavy atom. The van der Waals surface area contributed by atoms with Crippen molar-refractivity contribution in [1.29, 1.82) is 0 Å². The number of fused-ring (bicyclic) bond motifs is 3. The molecule has 1 saturated heterocycles. The van der Waals surface area contributed by atoms with Gasteiger partial charge in [-0.15, -0.1) is 0 Å². The summed E-state index contributed by atoms with van der Waals surface area (Å²) in [5.74, 6) is -8.47. The quantitative estimate of drug-likeness (QED) is 0.304. The second-order valence-corrected chi connectivity index (χ2v) is 13.2. The average molecular weight is 656 g/mol. The number of likely N-dealkylation sites (N-methyl/N-ethyl adjacent to an activating group) is 1. The smallest absolute Gasteiger partial charge is 0.391 e. The fraction of sp³-hybridized carbons (Fsp3) is 0.441. The summed E-state index contributed by atoms with van der Waals surface area (Å²) in [5.41, 5.74) is 4.30. The maximum absolute atomic E-state index is 14.1. The summed E-state index contributed by atoms with van der Waals surface area (Å²) in [5, 5.41) is 45.3. The van der Waals surface area contributed by atoms with E-state index in [1.807, 2.05) is 29.2 Å². The van der Waals surface area contributed by atoms with Gasteiger partial charge >= 0.3 is 6.18 Å². The lowest BCUT2D eigenvalue weighted by molar-refractivity contribution is -0.185. The van der Waals surface area contributed by atoms with Crippen LogP contribution in [0.2, 0.25) is 0 Å². The van der Waals surface area contributed by atoms with Crippen molar-refractivity contribution in [3.8, 4) is 16.9 Å². The number of aromatic hydroxyl groups is 1. The number of piperidine rings is 1. The second-order valence-electron chi connectivity index (χ2n) is 13.2. The zero-order valence-electron chi connectivity index (χ0n) is 25.8. The number of likely N-dealkylation sites (tertiary alicyclic amines) is 1. The van der Waals surface area contributed by atoms with Crippen LogP contribution >= 0.6 is 0 Å². The Morgan fingerprint density at radius 2 is 1.77 bits per heavy atom. The van der Waals surface area contributed by atoms with Crippen molar-refractivity contribution in [3.05, 3.63) is 70.0 Å². The first-order valence-corrected chi connectivity index (χ1v) is 15.4. The zero-order valence-corrected chi connectivity index (χ0v) is 25.8. The molecule has 4 aliphatic rings. The molecule has 1 aliphatic heterocycles. The van der Waals surface area contributed by atoms with Crippen molar-refractivity contribution >= 4 is 23.2 Å². The number of halogens is 3. The molecule has 3 aliphatic carbocycles. The van der Waals surface area contributed by atoms with Gasteiger partial charge in [-0.2, -0.15) is 13.2 Å². The van der Waals surface area contributed by atoms with Gasteiger partial charge in [-0.05, 0) is 93.2 Å². The number of carbonyl (C=O) groups excluding carboxylic acids is 3. The van der Waals surface area contributed by atoms with Gasteiger partial charge in [0.25, 0.3) is 5.91 Å². The lowest BCUT2D eigenvalue weighted by Crippen LogP contribution is -2.65. The molecular weight excluding hydrogens is 619 g/mol. The molecular formula is C34H36F3N3O7. The summed E-state index contributed by atoms with van der Waals surface area (Å²) >= 11 is 0. The topological polar surface area (TPSA) is 165 Å². The maximum atomic E-state index is 14.1. The fourth-order valence-corrected chi connectivity index (χ4v) is 8.03. The lowest BCUT2D eigenvalue weighted by atomic mass is 9.57. The fourth-order valence-electron chi connectivity index (χ4n) is 8.03. The Kier molecular flexibility index (Phi) is 8.01. The number of primary amides is 1. The number of phenolic OH excluding ortho intramolecular Hbond substituents is 1. The van der Waals surface area contributed by atoms with E-state index >= 15 is 0 Å². The predicted molar refractivity (Wildman–Crippen MR) is 164 cm³/mol. The molecule has 13 heteroatoms. The number of hydrogen-bond donors (Lipinski definition) is 5. The van der Waals surface area contributed by atoms with Crippen LogP contribution in [0, 0.1) is 17.8 Å². The van der Waals surface area contributed by atoms with E-state index in [4.69, 9.17) is 5.73 Å². The number of amides is 1. The molecule has 1 unspecified atom stereocenters. The molecule has 0 radical (unpaired) electrons. The molecule has 0 bridgehead atoms. The normalized spacial score (nSPS) is 27.2. The first kappa shape index (κ1) is 32.7. The first-order chi connectivity index (χ1) is 22.0. The highest BCUT2D eigenvalue weighted by Gasteiger charge is 2.64. The van der Waals surface area contributed by atoms with Gasteiger partial charge in [0.05, 0.1) is 17.5 Å². The number of Topliss-reactive ketones (excluding diaryl/α,β-unsaturated/α-hetero) is 2. The summed E-state index contributed by atoms with van der Waals surface area (Å²) in [6.45, 7) is 1.07. The first-order valence-electron chi connectivity index (χ1n) is 15.4. The van der Waals surface area contributed by atoms with E-state index in [0.29, 0.717) is 30.8 Å². The number of ketones is 2. The number of aliphatic hydroxyl groups is 3. The third kappa shape index (κ3) is 5.20. The van der Waals surface area contributed by atoms with Crippen molar-refractivity contribution in [2.45, 2.75) is 50.0 Å². The molecule has 250 valence electrons. The number of nitrogens with two attached hydrogens (primary N) is 1. The molecule has 6 rings (SSSR count). The largest absolute Gasteiger partial charge is 0.508 e. The van der Waals surface area contributed by atoms with Gasteiger partial charge in [-0.3, -0.25) is 24.2 Å². The summed E-state index contributed by atoms with van der Waals surface area (Å²) in [7, 11) is 3.07. The van der Waals surface area contributed by atoms with Crippen LogP contribution in [0.15, 0.2) is 53.3 Å². The van der Waals surface area contributed by atoms with E-state index in [-0.39, 0.29) is 42.6 Å². The molecule has 1 amide bonds. The molecule has 1 saturated carbocycles. The number of carbonyl (C=O) groups is 3. The van der Waals surface area contributed by atoms with Gasteiger partial charge in [-0.25, -0.2) is 0 Å². The van der Waals surface area contributed by atoms with Crippen molar-refractivity contribution in [2.24, 2.45) is 23.5 Å². The van der Waals surface area contributed by atoms with Crippen LogP contribution < -0.4 is 5.73 Å². The SMILES string of the molecule is CN(C)C1C(=O)C(C(N)=O)=C(O)[C@@]2(O)C(=O)C3=C(O)c4c(O)ccc(-c5cccc(CN6CCC(C(F)(F)F)CC6)c5)c4C[C@H]3C[C@@H]12. The maximum Gasteiger partial charge on any atom is 0.391 e. The number of aliphatic hydroxyl groups excluding tert-OH is 2. The van der Waals surface area contributed by atoms with Gasteiger partial charge in [0.1, 0.15) is 22.8 Å². The van der Waals surface area contributed by atoms with Crippen molar-refractivity contribution in [3.63, 3.8) is 0 Å². The number of benzene rings is 2. The van der Waals surface area contributed by atoms with Gasteiger partial charge in [0, 0.05) is 18.0 Å². The Labute approximate surface area is 268 Å². The van der Waals surface area contributed by atoms with Crippen molar-refractivity contribution in [2.75, 3.05) is 27.2 Å². The van der Waals surface area contributed by atoms with E-state index < -0.39 is 70.1 Å². The van der Waals surface area contributed by atoms with E-state index in [1.54, 1.807) is 6.07 Å². The molecule has 2 aromatic rings. The predicted octanol–water partition coefficient (Wildman–Crippen LogP) is 3.41. The van der Waals surface area contributed by atoms with Crippen LogP contribution in [-0.4, -0.2) is 92.7 Å². The van der Waals surface area contributed by atoms with Crippen LogP contribution in [0.25, 0.3) is 16.9 Å². The molecule has 47 heavy (non-hydrogen) atoms. The minimum absolute atomic E-state index is 0.0154. The second kappa shape index (κ2) is 11.5. The van der Waals surface area contributed by atoms with E-state index in [9.17, 15) is 48.0 Å². The van der Waals surface area contributed by atoms with Gasteiger partial charge in [-0.1, -0.05) is 24.3 Å². The van der Waals surface area contributed by atoms with Crippen molar-refractivity contribution in [1.82, 2.24) is 9.80 Å². The summed E-state index contributed by atoms with van der Waals surface area (Å²) < 4.78 is 39.5.